The summed E-state index contributed by atoms with van der Waals surface area (Å²) in [6.07, 6.45) is 2.67. The van der Waals surface area contributed by atoms with Crippen LogP contribution >= 0.6 is 0 Å². The quantitative estimate of drug-likeness (QED) is 0.447. The molecule has 0 saturated heterocycles. The lowest BCUT2D eigenvalue weighted by Crippen LogP contribution is -2.39. The topological polar surface area (TPSA) is 164 Å². The van der Waals surface area contributed by atoms with E-state index in [4.69, 9.17) is 10.8 Å². The highest BCUT2D eigenvalue weighted by atomic mass is 16.4. The standard InChI is InChI=1S/C18H19N5O5/c19-18(28)22-13-5-1-3-11(7-13)17(27)21-10-15(24)23-14(8-16(25)26)12-4-2-6-20-9-12/h1-7,9,14H,8,10H2,(H,21,27)(H,23,24)(H,25,26)(H3,19,22,28). The van der Waals surface area contributed by atoms with Crippen LogP contribution in [-0.4, -0.2) is 40.5 Å². The number of carbonyl (C=O) groups is 4. The molecule has 10 heteroatoms. The van der Waals surface area contributed by atoms with Crippen LogP contribution in [0, 0.1) is 0 Å². The Balaban J connectivity index is 1.95. The molecule has 0 spiro atoms. The number of hydrogen-bond acceptors (Lipinski definition) is 5. The number of carboxylic acid groups (broad SMARTS) is 1. The number of amides is 4. The van der Waals surface area contributed by atoms with Gasteiger partial charge in [-0.3, -0.25) is 19.4 Å². The van der Waals surface area contributed by atoms with Gasteiger partial charge < -0.3 is 26.8 Å². The number of nitrogens with one attached hydrogen (secondary N) is 3. The van der Waals surface area contributed by atoms with Gasteiger partial charge in [0.1, 0.15) is 0 Å². The van der Waals surface area contributed by atoms with Gasteiger partial charge in [-0.1, -0.05) is 12.1 Å². The van der Waals surface area contributed by atoms with Crippen molar-refractivity contribution in [3.8, 4) is 0 Å². The van der Waals surface area contributed by atoms with Crippen molar-refractivity contribution in [2.45, 2.75) is 12.5 Å². The number of nitrogens with two attached hydrogens (primary N) is 1. The van der Waals surface area contributed by atoms with Crippen molar-refractivity contribution in [3.63, 3.8) is 0 Å². The first-order valence-corrected chi connectivity index (χ1v) is 8.21. The zero-order chi connectivity index (χ0) is 20.5. The van der Waals surface area contributed by atoms with Crippen LogP contribution in [0.5, 0.6) is 0 Å². The predicted molar refractivity (Wildman–Crippen MR) is 99.4 cm³/mol. The third-order valence-corrected chi connectivity index (χ3v) is 3.60. The number of urea groups is 1. The van der Waals surface area contributed by atoms with Gasteiger partial charge in [0.05, 0.1) is 19.0 Å². The lowest BCUT2D eigenvalue weighted by atomic mass is 10.1. The van der Waals surface area contributed by atoms with Crippen molar-refractivity contribution in [2.24, 2.45) is 5.73 Å². The van der Waals surface area contributed by atoms with Crippen LogP contribution in [0.4, 0.5) is 10.5 Å². The van der Waals surface area contributed by atoms with Crippen molar-refractivity contribution in [1.82, 2.24) is 15.6 Å². The van der Waals surface area contributed by atoms with Crippen molar-refractivity contribution in [3.05, 3.63) is 59.9 Å². The summed E-state index contributed by atoms with van der Waals surface area (Å²) in [4.78, 5) is 50.2. The number of pyridine rings is 1. The van der Waals surface area contributed by atoms with Crippen LogP contribution < -0.4 is 21.7 Å². The predicted octanol–water partition coefficient (Wildman–Crippen LogP) is 0.634. The van der Waals surface area contributed by atoms with Crippen molar-refractivity contribution >= 4 is 29.5 Å². The van der Waals surface area contributed by atoms with Gasteiger partial charge in [0.2, 0.25) is 5.91 Å². The lowest BCUT2D eigenvalue weighted by molar-refractivity contribution is -0.137. The van der Waals surface area contributed by atoms with Crippen LogP contribution in [0.2, 0.25) is 0 Å². The average Bonchev–Trinajstić information content (AvgIpc) is 2.65. The first-order chi connectivity index (χ1) is 13.3. The number of aromatic nitrogens is 1. The zero-order valence-corrected chi connectivity index (χ0v) is 14.7. The van der Waals surface area contributed by atoms with E-state index in [2.05, 4.69) is 20.9 Å². The van der Waals surface area contributed by atoms with Crippen LogP contribution in [0.25, 0.3) is 0 Å². The Morgan fingerprint density at radius 3 is 2.57 bits per heavy atom. The van der Waals surface area contributed by atoms with E-state index in [0.717, 1.165) is 0 Å². The third-order valence-electron chi connectivity index (χ3n) is 3.60. The first-order valence-electron chi connectivity index (χ1n) is 8.21. The Kier molecular flexibility index (Phi) is 7.03. The molecule has 1 aromatic carbocycles. The number of benzene rings is 1. The molecule has 0 bridgehead atoms. The molecule has 4 amide bonds. The first kappa shape index (κ1) is 20.4. The van der Waals surface area contributed by atoms with E-state index < -0.39 is 29.9 Å². The number of primary amides is 1. The number of rotatable bonds is 8. The van der Waals surface area contributed by atoms with E-state index in [1.54, 1.807) is 24.3 Å². The maximum Gasteiger partial charge on any atom is 0.316 e. The van der Waals surface area contributed by atoms with Crippen LogP contribution in [-0.2, 0) is 9.59 Å². The van der Waals surface area contributed by atoms with Gasteiger partial charge in [-0.15, -0.1) is 0 Å². The fraction of sp³-hybridized carbons (Fsp3) is 0.167. The minimum Gasteiger partial charge on any atom is -0.481 e. The van der Waals surface area contributed by atoms with Crippen LogP contribution in [0.15, 0.2) is 48.8 Å². The number of aliphatic carboxylic acids is 1. The van der Waals surface area contributed by atoms with E-state index >= 15 is 0 Å². The minimum absolute atomic E-state index is 0.216. The van der Waals surface area contributed by atoms with E-state index in [1.165, 1.54) is 24.5 Å². The Bertz CT molecular complexity index is 872. The summed E-state index contributed by atoms with van der Waals surface area (Å²) in [5, 5.41) is 16.4. The molecule has 1 aromatic heterocycles. The molecule has 0 fully saturated rings. The Morgan fingerprint density at radius 1 is 1.14 bits per heavy atom. The van der Waals surface area contributed by atoms with Gasteiger partial charge in [0, 0.05) is 23.6 Å². The molecular formula is C18H19N5O5. The monoisotopic (exact) mass is 385 g/mol. The highest BCUT2D eigenvalue weighted by Crippen LogP contribution is 2.15. The summed E-state index contributed by atoms with van der Waals surface area (Å²) in [5.41, 5.74) is 6.12. The van der Waals surface area contributed by atoms with Crippen molar-refractivity contribution in [2.75, 3.05) is 11.9 Å². The zero-order valence-electron chi connectivity index (χ0n) is 14.7. The maximum absolute atomic E-state index is 12.2. The second-order valence-corrected chi connectivity index (χ2v) is 5.76. The average molecular weight is 385 g/mol. The molecule has 2 rings (SSSR count). The minimum atomic E-state index is -1.09. The van der Waals surface area contributed by atoms with Gasteiger partial charge >= 0.3 is 12.0 Å². The summed E-state index contributed by atoms with van der Waals surface area (Å²) in [6, 6.07) is 7.74. The molecule has 146 valence electrons. The molecule has 1 heterocycles. The van der Waals surface area contributed by atoms with Crippen LogP contribution in [0.1, 0.15) is 28.4 Å². The summed E-state index contributed by atoms with van der Waals surface area (Å²) < 4.78 is 0. The summed E-state index contributed by atoms with van der Waals surface area (Å²) in [5.74, 6) is -2.19. The Hall–Kier alpha value is -3.95. The van der Waals surface area contributed by atoms with E-state index in [1.807, 2.05) is 0 Å². The molecule has 0 aliphatic carbocycles. The molecular weight excluding hydrogens is 366 g/mol. The Labute approximate surface area is 160 Å². The van der Waals surface area contributed by atoms with Gasteiger partial charge in [-0.2, -0.15) is 0 Å². The van der Waals surface area contributed by atoms with Gasteiger partial charge in [-0.25, -0.2) is 4.79 Å². The van der Waals surface area contributed by atoms with E-state index in [9.17, 15) is 19.2 Å². The van der Waals surface area contributed by atoms with E-state index in [0.29, 0.717) is 11.3 Å². The number of anilines is 1. The molecule has 0 radical (unpaired) electrons. The normalized spacial score (nSPS) is 11.1. The fourth-order valence-electron chi connectivity index (χ4n) is 2.40. The van der Waals surface area contributed by atoms with Gasteiger partial charge in [0.25, 0.3) is 5.91 Å². The van der Waals surface area contributed by atoms with Gasteiger partial charge in [-0.05, 0) is 29.8 Å². The highest BCUT2D eigenvalue weighted by molar-refractivity contribution is 5.98. The maximum atomic E-state index is 12.2. The van der Waals surface area contributed by atoms with Crippen LogP contribution in [0.3, 0.4) is 0 Å². The highest BCUT2D eigenvalue weighted by Gasteiger charge is 2.19. The SMILES string of the molecule is NC(=O)Nc1cccc(C(=O)NCC(=O)NC(CC(=O)O)c2cccnc2)c1. The molecule has 28 heavy (non-hydrogen) atoms. The molecule has 2 aromatic rings. The number of nitrogens with zero attached hydrogens (tertiary/aromatic N) is 1. The summed E-state index contributed by atoms with van der Waals surface area (Å²) in [7, 11) is 0. The molecule has 1 unspecified atom stereocenters. The Morgan fingerprint density at radius 2 is 1.93 bits per heavy atom. The number of hydrogen-bond donors (Lipinski definition) is 5. The number of carboxylic acids is 1. The molecule has 0 aliphatic heterocycles. The van der Waals surface area contributed by atoms with Gasteiger partial charge in [0.15, 0.2) is 0 Å². The molecule has 10 nitrogen and oxygen atoms in total. The largest absolute Gasteiger partial charge is 0.481 e. The van der Waals surface area contributed by atoms with Crippen molar-refractivity contribution in [1.29, 1.82) is 0 Å². The second kappa shape index (κ2) is 9.67. The second-order valence-electron chi connectivity index (χ2n) is 5.76. The fourth-order valence-corrected chi connectivity index (χ4v) is 2.40. The smallest absolute Gasteiger partial charge is 0.316 e. The molecule has 1 atom stereocenters. The molecule has 6 N–H and O–H groups in total. The van der Waals surface area contributed by atoms with Crippen molar-refractivity contribution < 1.29 is 24.3 Å². The molecule has 0 saturated carbocycles. The summed E-state index contributed by atoms with van der Waals surface area (Å²) >= 11 is 0. The third kappa shape index (κ3) is 6.41. The lowest BCUT2D eigenvalue weighted by Gasteiger charge is -2.17. The molecule has 0 aliphatic rings. The van der Waals surface area contributed by atoms with E-state index in [-0.39, 0.29) is 18.5 Å². The summed E-state index contributed by atoms with van der Waals surface area (Å²) in [6.45, 7) is -0.358. The number of carbonyl (C=O) groups excluding carboxylic acids is 3.